The lowest BCUT2D eigenvalue weighted by Gasteiger charge is -2.34. The van der Waals surface area contributed by atoms with Gasteiger partial charge in [0.1, 0.15) is 11.3 Å². The molecule has 3 heterocycles. The van der Waals surface area contributed by atoms with Gasteiger partial charge in [-0.15, -0.1) is 0 Å². The zero-order valence-electron chi connectivity index (χ0n) is 13.5. The molecule has 4 rings (SSSR count). The number of benzene rings is 1. The molecular formula is C18H17FN4O. The maximum absolute atomic E-state index is 14.0. The monoisotopic (exact) mass is 324 g/mol. The van der Waals surface area contributed by atoms with Crippen LogP contribution in [0.5, 0.6) is 0 Å². The second-order valence-corrected chi connectivity index (χ2v) is 6.14. The minimum Gasteiger partial charge on any atom is -0.331 e. The molecule has 2 aromatic heterocycles. The van der Waals surface area contributed by atoms with E-state index in [0.717, 1.165) is 16.8 Å². The molecular weight excluding hydrogens is 307 g/mol. The fraction of sp³-hybridized carbons (Fsp3) is 0.278. The van der Waals surface area contributed by atoms with Gasteiger partial charge in [-0.3, -0.25) is 9.78 Å². The Labute approximate surface area is 138 Å². The zero-order chi connectivity index (χ0) is 16.8. The molecule has 0 unspecified atom stereocenters. The zero-order valence-corrected chi connectivity index (χ0v) is 13.5. The highest BCUT2D eigenvalue weighted by Crippen LogP contribution is 2.29. The lowest BCUT2D eigenvalue weighted by Crippen LogP contribution is -2.39. The first-order valence-corrected chi connectivity index (χ1v) is 7.96. The number of carbonyl (C=O) groups is 1. The maximum Gasteiger partial charge on any atom is 0.290 e. The third-order valence-corrected chi connectivity index (χ3v) is 4.69. The lowest BCUT2D eigenvalue weighted by molar-refractivity contribution is 0.0665. The molecule has 1 aromatic carbocycles. The first-order valence-electron chi connectivity index (χ1n) is 7.96. The first-order chi connectivity index (χ1) is 11.6. The summed E-state index contributed by atoms with van der Waals surface area (Å²) in [6.07, 6.45) is 2.48. The van der Waals surface area contributed by atoms with E-state index in [1.54, 1.807) is 17.2 Å². The third-order valence-electron chi connectivity index (χ3n) is 4.69. The predicted molar refractivity (Wildman–Crippen MR) is 88.2 cm³/mol. The second kappa shape index (κ2) is 5.40. The van der Waals surface area contributed by atoms with Gasteiger partial charge in [0.2, 0.25) is 0 Å². The van der Waals surface area contributed by atoms with Gasteiger partial charge in [0.25, 0.3) is 5.91 Å². The van der Waals surface area contributed by atoms with Crippen LogP contribution in [0.25, 0.3) is 11.0 Å². The molecule has 0 aliphatic carbocycles. The van der Waals surface area contributed by atoms with Crippen molar-refractivity contribution in [2.75, 3.05) is 6.54 Å². The number of rotatable bonds is 1. The summed E-state index contributed by atoms with van der Waals surface area (Å²) in [6.45, 7) is 4.40. The molecule has 0 radical (unpaired) electrons. The van der Waals surface area contributed by atoms with Crippen molar-refractivity contribution in [3.8, 4) is 0 Å². The number of fused-ring (bicyclic) bond motifs is 2. The van der Waals surface area contributed by atoms with Gasteiger partial charge in [0.15, 0.2) is 5.82 Å². The number of halogens is 1. The summed E-state index contributed by atoms with van der Waals surface area (Å²) in [5.74, 6) is -0.437. The molecule has 1 aliphatic rings. The minimum atomic E-state index is -0.400. The van der Waals surface area contributed by atoms with Gasteiger partial charge in [-0.05, 0) is 37.1 Å². The van der Waals surface area contributed by atoms with E-state index in [1.807, 2.05) is 26.0 Å². The van der Waals surface area contributed by atoms with E-state index in [9.17, 15) is 9.18 Å². The van der Waals surface area contributed by atoms with E-state index in [-0.39, 0.29) is 23.3 Å². The molecule has 0 saturated heterocycles. The van der Waals surface area contributed by atoms with E-state index < -0.39 is 5.82 Å². The quantitative estimate of drug-likeness (QED) is 0.748. The van der Waals surface area contributed by atoms with Crippen molar-refractivity contribution in [3.63, 3.8) is 0 Å². The van der Waals surface area contributed by atoms with E-state index in [4.69, 9.17) is 0 Å². The standard InChI is InChI=1S/C18H17FN4O/c1-10-5-6-13(19)16-15(10)21-17(22-16)18(24)23-9-7-14-12(11(23)2)4-3-8-20-14/h3-6,8,11H,7,9H2,1-2H3,(H,21,22)/t11-/m0/s1. The number of hydrogen-bond acceptors (Lipinski definition) is 3. The molecule has 0 bridgehead atoms. The molecule has 0 saturated carbocycles. The average molecular weight is 324 g/mol. The lowest BCUT2D eigenvalue weighted by atomic mass is 9.98. The molecule has 0 fully saturated rings. The maximum atomic E-state index is 14.0. The van der Waals surface area contributed by atoms with E-state index >= 15 is 0 Å². The van der Waals surface area contributed by atoms with Crippen molar-refractivity contribution >= 4 is 16.9 Å². The van der Waals surface area contributed by atoms with Crippen LogP contribution in [0.3, 0.4) is 0 Å². The number of aryl methyl sites for hydroxylation is 1. The number of H-pyrrole nitrogens is 1. The van der Waals surface area contributed by atoms with E-state index in [1.165, 1.54) is 6.07 Å². The third kappa shape index (κ3) is 2.18. The van der Waals surface area contributed by atoms with Crippen LogP contribution in [-0.2, 0) is 6.42 Å². The number of hydrogen-bond donors (Lipinski definition) is 1. The Hall–Kier alpha value is -2.76. The second-order valence-electron chi connectivity index (χ2n) is 6.14. The van der Waals surface area contributed by atoms with Gasteiger partial charge in [0.05, 0.1) is 11.6 Å². The van der Waals surface area contributed by atoms with Gasteiger partial charge in [0, 0.05) is 24.9 Å². The first kappa shape index (κ1) is 14.8. The molecule has 1 atom stereocenters. The Kier molecular flexibility index (Phi) is 3.33. The van der Waals surface area contributed by atoms with Crippen LogP contribution in [0.1, 0.15) is 40.4 Å². The molecule has 1 amide bonds. The topological polar surface area (TPSA) is 61.9 Å². The van der Waals surface area contributed by atoms with Crippen molar-refractivity contribution in [1.29, 1.82) is 0 Å². The van der Waals surface area contributed by atoms with Gasteiger partial charge in [-0.25, -0.2) is 9.37 Å². The van der Waals surface area contributed by atoms with E-state index in [0.29, 0.717) is 18.5 Å². The van der Waals surface area contributed by atoms with Crippen LogP contribution in [-0.4, -0.2) is 32.3 Å². The smallest absolute Gasteiger partial charge is 0.290 e. The number of nitrogens with zero attached hydrogens (tertiary/aromatic N) is 3. The largest absolute Gasteiger partial charge is 0.331 e. The number of aromatic amines is 1. The fourth-order valence-corrected chi connectivity index (χ4v) is 3.33. The van der Waals surface area contributed by atoms with Crippen LogP contribution in [0.2, 0.25) is 0 Å². The van der Waals surface area contributed by atoms with Crippen LogP contribution in [0, 0.1) is 12.7 Å². The molecule has 6 heteroatoms. The summed E-state index contributed by atoms with van der Waals surface area (Å²) in [5, 5.41) is 0. The highest BCUT2D eigenvalue weighted by Gasteiger charge is 2.30. The van der Waals surface area contributed by atoms with Crippen LogP contribution < -0.4 is 0 Å². The summed E-state index contributed by atoms with van der Waals surface area (Å²) in [5.41, 5.74) is 3.70. The molecule has 5 nitrogen and oxygen atoms in total. The van der Waals surface area contributed by atoms with Crippen LogP contribution in [0.15, 0.2) is 30.5 Å². The van der Waals surface area contributed by atoms with Crippen molar-refractivity contribution in [1.82, 2.24) is 19.9 Å². The van der Waals surface area contributed by atoms with Crippen LogP contribution >= 0.6 is 0 Å². The number of pyridine rings is 1. The number of aromatic nitrogens is 3. The van der Waals surface area contributed by atoms with Gasteiger partial charge >= 0.3 is 0 Å². The highest BCUT2D eigenvalue weighted by atomic mass is 19.1. The summed E-state index contributed by atoms with van der Waals surface area (Å²) in [7, 11) is 0. The van der Waals surface area contributed by atoms with Crippen LogP contribution in [0.4, 0.5) is 4.39 Å². The van der Waals surface area contributed by atoms with Gasteiger partial charge in [-0.1, -0.05) is 12.1 Å². The Morgan fingerprint density at radius 2 is 2.21 bits per heavy atom. The molecule has 3 aromatic rings. The average Bonchev–Trinajstić information content (AvgIpc) is 3.05. The summed E-state index contributed by atoms with van der Waals surface area (Å²) in [4.78, 5) is 26.2. The van der Waals surface area contributed by atoms with Crippen molar-refractivity contribution in [3.05, 3.63) is 58.9 Å². The minimum absolute atomic E-state index is 0.0888. The number of carbonyl (C=O) groups excluding carboxylic acids is 1. The Morgan fingerprint density at radius 3 is 3.00 bits per heavy atom. The fourth-order valence-electron chi connectivity index (χ4n) is 3.33. The van der Waals surface area contributed by atoms with Crippen molar-refractivity contribution in [2.45, 2.75) is 26.3 Å². The van der Waals surface area contributed by atoms with Gasteiger partial charge < -0.3 is 9.88 Å². The van der Waals surface area contributed by atoms with Gasteiger partial charge in [-0.2, -0.15) is 0 Å². The Balaban J connectivity index is 1.72. The van der Waals surface area contributed by atoms with Crippen molar-refractivity contribution in [2.24, 2.45) is 0 Å². The van der Waals surface area contributed by atoms with Crippen molar-refractivity contribution < 1.29 is 9.18 Å². The SMILES string of the molecule is Cc1ccc(F)c2[nH]c(C(=O)N3CCc4ncccc4[C@@H]3C)nc12. The molecule has 1 N–H and O–H groups in total. The normalized spacial score (nSPS) is 17.1. The molecule has 1 aliphatic heterocycles. The molecule has 24 heavy (non-hydrogen) atoms. The number of amides is 1. The Bertz CT molecular complexity index is 910. The predicted octanol–water partition coefficient (Wildman–Crippen LogP) is 3.16. The molecule has 0 spiro atoms. The summed E-state index contributed by atoms with van der Waals surface area (Å²) in [6, 6.07) is 6.83. The highest BCUT2D eigenvalue weighted by molar-refractivity contribution is 5.95. The number of nitrogens with one attached hydrogen (secondary N) is 1. The summed E-state index contributed by atoms with van der Waals surface area (Å²) < 4.78 is 14.0. The summed E-state index contributed by atoms with van der Waals surface area (Å²) >= 11 is 0. The number of imidazole rings is 1. The molecule has 122 valence electrons. The van der Waals surface area contributed by atoms with E-state index in [2.05, 4.69) is 15.0 Å². The Morgan fingerprint density at radius 1 is 1.38 bits per heavy atom.